The Labute approximate surface area is 146 Å². The van der Waals surface area contributed by atoms with Crippen molar-refractivity contribution >= 4 is 17.2 Å². The second-order valence-electron chi connectivity index (χ2n) is 7.02. The molecule has 128 valence electrons. The third kappa shape index (κ3) is 3.87. The molecule has 2 N–H and O–H groups in total. The zero-order valence-electron chi connectivity index (χ0n) is 13.8. The van der Waals surface area contributed by atoms with E-state index in [4.69, 9.17) is 0 Å². The number of likely N-dealkylation sites (tertiary alicyclic amines) is 1. The fourth-order valence-electron chi connectivity index (χ4n) is 3.47. The van der Waals surface area contributed by atoms with Gasteiger partial charge in [0.1, 0.15) is 5.69 Å². The van der Waals surface area contributed by atoms with E-state index in [9.17, 15) is 4.79 Å². The first-order valence-corrected chi connectivity index (χ1v) is 9.74. The fraction of sp³-hybridized carbons (Fsp3) is 0.556. The highest BCUT2D eigenvalue weighted by Crippen LogP contribution is 2.38. The Morgan fingerprint density at radius 3 is 3.12 bits per heavy atom. The van der Waals surface area contributed by atoms with Crippen molar-refractivity contribution < 1.29 is 4.79 Å². The van der Waals surface area contributed by atoms with Crippen molar-refractivity contribution in [3.63, 3.8) is 0 Å². The lowest BCUT2D eigenvalue weighted by atomic mass is 9.98. The maximum Gasteiger partial charge on any atom is 0.271 e. The van der Waals surface area contributed by atoms with Crippen LogP contribution < -0.4 is 5.32 Å². The van der Waals surface area contributed by atoms with E-state index < -0.39 is 0 Å². The van der Waals surface area contributed by atoms with Crippen LogP contribution >= 0.6 is 11.3 Å². The molecule has 1 saturated carbocycles. The number of hydrogen-bond donors (Lipinski definition) is 2. The summed E-state index contributed by atoms with van der Waals surface area (Å²) < 4.78 is 0. The van der Waals surface area contributed by atoms with Crippen LogP contribution in [0.4, 0.5) is 0 Å². The van der Waals surface area contributed by atoms with Crippen molar-refractivity contribution in [1.82, 2.24) is 20.4 Å². The molecular formula is C18H24N4OS. The first-order valence-electron chi connectivity index (χ1n) is 8.86. The summed E-state index contributed by atoms with van der Waals surface area (Å²) in [4.78, 5) is 16.2. The summed E-state index contributed by atoms with van der Waals surface area (Å²) in [7, 11) is 0. The molecule has 1 atom stereocenters. The Balaban J connectivity index is 1.26. The molecule has 3 heterocycles. The largest absolute Gasteiger partial charge is 0.350 e. The SMILES string of the molecule is O=C(NC[C@@H]1CCCN(Cc2cccs2)C1)c1cc(C2CC2)[nH]n1. The number of thiophene rings is 1. The lowest BCUT2D eigenvalue weighted by molar-refractivity contribution is 0.0926. The Hall–Kier alpha value is -1.66. The second kappa shape index (κ2) is 7.07. The third-order valence-corrected chi connectivity index (χ3v) is 5.82. The molecule has 1 aliphatic heterocycles. The summed E-state index contributed by atoms with van der Waals surface area (Å²) in [5, 5.41) is 12.4. The Kier molecular flexibility index (Phi) is 4.67. The number of aromatic nitrogens is 2. The first-order chi connectivity index (χ1) is 11.8. The Morgan fingerprint density at radius 2 is 2.33 bits per heavy atom. The number of piperidine rings is 1. The van der Waals surface area contributed by atoms with Crippen molar-refractivity contribution in [3.05, 3.63) is 39.8 Å². The van der Waals surface area contributed by atoms with Gasteiger partial charge in [-0.3, -0.25) is 14.8 Å². The third-order valence-electron chi connectivity index (χ3n) is 4.96. The highest BCUT2D eigenvalue weighted by Gasteiger charge is 2.27. The predicted molar refractivity (Wildman–Crippen MR) is 95.2 cm³/mol. The molecule has 0 aromatic carbocycles. The maximum atomic E-state index is 12.3. The number of hydrogen-bond acceptors (Lipinski definition) is 4. The van der Waals surface area contributed by atoms with E-state index >= 15 is 0 Å². The molecule has 1 amide bonds. The van der Waals surface area contributed by atoms with Gasteiger partial charge in [-0.2, -0.15) is 5.10 Å². The van der Waals surface area contributed by atoms with Gasteiger partial charge in [0.2, 0.25) is 0 Å². The number of nitrogens with zero attached hydrogens (tertiary/aromatic N) is 2. The normalized spacial score (nSPS) is 21.8. The Bertz CT molecular complexity index is 677. The lowest BCUT2D eigenvalue weighted by Gasteiger charge is -2.32. The molecular weight excluding hydrogens is 320 g/mol. The van der Waals surface area contributed by atoms with Crippen molar-refractivity contribution in [2.45, 2.75) is 38.1 Å². The molecule has 24 heavy (non-hydrogen) atoms. The summed E-state index contributed by atoms with van der Waals surface area (Å²) in [6.45, 7) is 4.00. The highest BCUT2D eigenvalue weighted by atomic mass is 32.1. The van der Waals surface area contributed by atoms with Gasteiger partial charge in [-0.15, -0.1) is 11.3 Å². The number of carbonyl (C=O) groups is 1. The summed E-state index contributed by atoms with van der Waals surface area (Å²) in [5.41, 5.74) is 1.64. The van der Waals surface area contributed by atoms with Gasteiger partial charge in [-0.1, -0.05) is 6.07 Å². The van der Waals surface area contributed by atoms with Crippen LogP contribution in [0.1, 0.15) is 52.7 Å². The van der Waals surface area contributed by atoms with Crippen LogP contribution in [-0.4, -0.2) is 40.6 Å². The number of aromatic amines is 1. The molecule has 2 aromatic rings. The number of rotatable bonds is 6. The van der Waals surface area contributed by atoms with Gasteiger partial charge in [0, 0.05) is 36.1 Å². The van der Waals surface area contributed by atoms with E-state index in [-0.39, 0.29) is 5.91 Å². The number of amides is 1. The van der Waals surface area contributed by atoms with E-state index in [1.807, 2.05) is 17.4 Å². The Morgan fingerprint density at radius 1 is 1.42 bits per heavy atom. The molecule has 0 unspecified atom stereocenters. The van der Waals surface area contributed by atoms with Crippen LogP contribution in [0.15, 0.2) is 23.6 Å². The molecule has 5 nitrogen and oxygen atoms in total. The van der Waals surface area contributed by atoms with Crippen LogP contribution in [-0.2, 0) is 6.54 Å². The van der Waals surface area contributed by atoms with Crippen LogP contribution in [0.2, 0.25) is 0 Å². The smallest absolute Gasteiger partial charge is 0.271 e. The summed E-state index contributed by atoms with van der Waals surface area (Å²) in [5.74, 6) is 1.08. The van der Waals surface area contributed by atoms with Crippen molar-refractivity contribution in [1.29, 1.82) is 0 Å². The standard InChI is InChI=1S/C18H24N4OS/c23-18(17-9-16(20-21-17)14-5-6-14)19-10-13-3-1-7-22(11-13)12-15-4-2-8-24-15/h2,4,8-9,13-14H,1,3,5-7,10-12H2,(H,19,23)(H,20,21)/t13-/m0/s1. The van der Waals surface area contributed by atoms with Crippen LogP contribution in [0.25, 0.3) is 0 Å². The highest BCUT2D eigenvalue weighted by molar-refractivity contribution is 7.09. The van der Waals surface area contributed by atoms with Crippen LogP contribution in [0, 0.1) is 5.92 Å². The summed E-state index contributed by atoms with van der Waals surface area (Å²) >= 11 is 1.82. The molecule has 2 fully saturated rings. The van der Waals surface area contributed by atoms with Crippen molar-refractivity contribution in [2.24, 2.45) is 5.92 Å². The minimum Gasteiger partial charge on any atom is -0.350 e. The van der Waals surface area contributed by atoms with Gasteiger partial charge in [-0.25, -0.2) is 0 Å². The summed E-state index contributed by atoms with van der Waals surface area (Å²) in [6, 6.07) is 6.23. The van der Waals surface area contributed by atoms with Crippen LogP contribution in [0.3, 0.4) is 0 Å². The number of H-pyrrole nitrogens is 1. The predicted octanol–water partition coefficient (Wildman–Crippen LogP) is 2.99. The van der Waals surface area contributed by atoms with E-state index in [2.05, 4.69) is 37.9 Å². The average molecular weight is 344 g/mol. The minimum absolute atomic E-state index is 0.0477. The van der Waals surface area contributed by atoms with Gasteiger partial charge in [0.05, 0.1) is 0 Å². The maximum absolute atomic E-state index is 12.3. The van der Waals surface area contributed by atoms with Gasteiger partial charge in [-0.05, 0) is 55.7 Å². The zero-order chi connectivity index (χ0) is 16.4. The molecule has 2 aliphatic rings. The van der Waals surface area contributed by atoms with Gasteiger partial charge in [0.25, 0.3) is 5.91 Å². The van der Waals surface area contributed by atoms with Crippen molar-refractivity contribution in [2.75, 3.05) is 19.6 Å². The van der Waals surface area contributed by atoms with E-state index in [0.29, 0.717) is 17.5 Å². The van der Waals surface area contributed by atoms with Gasteiger partial charge in [0.15, 0.2) is 0 Å². The monoisotopic (exact) mass is 344 g/mol. The molecule has 0 radical (unpaired) electrons. The average Bonchev–Trinajstić information content (AvgIpc) is 3.10. The van der Waals surface area contributed by atoms with Gasteiger partial charge < -0.3 is 5.32 Å². The topological polar surface area (TPSA) is 61.0 Å². The minimum atomic E-state index is -0.0477. The number of nitrogens with one attached hydrogen (secondary N) is 2. The number of carbonyl (C=O) groups excluding carboxylic acids is 1. The van der Waals surface area contributed by atoms with E-state index in [1.165, 1.54) is 30.6 Å². The second-order valence-corrected chi connectivity index (χ2v) is 8.05. The van der Waals surface area contributed by atoms with E-state index in [1.54, 1.807) is 0 Å². The molecule has 1 saturated heterocycles. The zero-order valence-corrected chi connectivity index (χ0v) is 14.6. The lowest BCUT2D eigenvalue weighted by Crippen LogP contribution is -2.40. The molecule has 4 rings (SSSR count). The molecule has 2 aromatic heterocycles. The molecule has 0 spiro atoms. The van der Waals surface area contributed by atoms with Crippen molar-refractivity contribution in [3.8, 4) is 0 Å². The molecule has 1 aliphatic carbocycles. The first kappa shape index (κ1) is 15.8. The van der Waals surface area contributed by atoms with E-state index in [0.717, 1.165) is 31.9 Å². The molecule has 6 heteroatoms. The summed E-state index contributed by atoms with van der Waals surface area (Å²) in [6.07, 6.45) is 4.83. The molecule has 0 bridgehead atoms. The van der Waals surface area contributed by atoms with Crippen LogP contribution in [0.5, 0.6) is 0 Å². The quantitative estimate of drug-likeness (QED) is 0.847. The van der Waals surface area contributed by atoms with Gasteiger partial charge >= 0.3 is 0 Å². The fourth-order valence-corrected chi connectivity index (χ4v) is 4.21.